The molecule has 0 bridgehead atoms. The van der Waals surface area contributed by atoms with E-state index in [0.717, 1.165) is 38.8 Å². The van der Waals surface area contributed by atoms with Crippen molar-refractivity contribution < 1.29 is 5.11 Å². The summed E-state index contributed by atoms with van der Waals surface area (Å²) in [5.41, 5.74) is 1.26. The number of nitrogens with zero attached hydrogens (tertiary/aromatic N) is 1. The van der Waals surface area contributed by atoms with Crippen LogP contribution in [0.1, 0.15) is 25.7 Å². The van der Waals surface area contributed by atoms with E-state index in [4.69, 9.17) is 0 Å². The number of aliphatic hydroxyl groups excluding tert-OH is 1. The number of hydrogen-bond donors (Lipinski definition) is 2. The Balaban J connectivity index is 1.63. The molecule has 0 heterocycles. The quantitative estimate of drug-likeness (QED) is 0.756. The summed E-state index contributed by atoms with van der Waals surface area (Å²) >= 11 is 0. The van der Waals surface area contributed by atoms with Gasteiger partial charge >= 0.3 is 0 Å². The zero-order chi connectivity index (χ0) is 12.8. The third-order valence-corrected chi connectivity index (χ3v) is 3.75. The van der Waals surface area contributed by atoms with E-state index in [2.05, 4.69) is 41.5 Å². The van der Waals surface area contributed by atoms with Crippen LogP contribution in [0.2, 0.25) is 0 Å². The van der Waals surface area contributed by atoms with E-state index >= 15 is 0 Å². The SMILES string of the molecule is CN(CCCNC1CCCC1O)c1ccccc1. The highest BCUT2D eigenvalue weighted by atomic mass is 16.3. The van der Waals surface area contributed by atoms with Gasteiger partial charge in [-0.05, 0) is 44.4 Å². The first-order valence-corrected chi connectivity index (χ1v) is 6.95. The molecule has 100 valence electrons. The van der Waals surface area contributed by atoms with Gasteiger partial charge in [0.2, 0.25) is 0 Å². The minimum Gasteiger partial charge on any atom is -0.392 e. The summed E-state index contributed by atoms with van der Waals surface area (Å²) in [5.74, 6) is 0. The second kappa shape index (κ2) is 6.76. The number of rotatable bonds is 6. The summed E-state index contributed by atoms with van der Waals surface area (Å²) < 4.78 is 0. The van der Waals surface area contributed by atoms with Gasteiger partial charge in [0.15, 0.2) is 0 Å². The summed E-state index contributed by atoms with van der Waals surface area (Å²) in [4.78, 5) is 2.27. The Kier molecular flexibility index (Phi) is 5.02. The maximum atomic E-state index is 9.70. The molecule has 2 N–H and O–H groups in total. The molecule has 0 aromatic heterocycles. The molecule has 0 amide bonds. The van der Waals surface area contributed by atoms with E-state index in [1.807, 2.05) is 6.07 Å². The van der Waals surface area contributed by atoms with Crippen molar-refractivity contribution in [2.75, 3.05) is 25.0 Å². The van der Waals surface area contributed by atoms with Crippen LogP contribution in [0.3, 0.4) is 0 Å². The molecular weight excluding hydrogens is 224 g/mol. The van der Waals surface area contributed by atoms with Gasteiger partial charge in [-0.1, -0.05) is 18.2 Å². The minimum atomic E-state index is -0.128. The summed E-state index contributed by atoms with van der Waals surface area (Å²) in [6, 6.07) is 10.8. The van der Waals surface area contributed by atoms with Crippen LogP contribution in [-0.4, -0.2) is 37.4 Å². The molecule has 2 rings (SSSR count). The van der Waals surface area contributed by atoms with Crippen molar-refractivity contribution in [1.82, 2.24) is 5.32 Å². The molecule has 0 aliphatic heterocycles. The standard InChI is InChI=1S/C15H24N2O/c1-17(13-7-3-2-4-8-13)12-6-11-16-14-9-5-10-15(14)18/h2-4,7-8,14-16,18H,5-6,9-12H2,1H3. The van der Waals surface area contributed by atoms with Gasteiger partial charge in [0.1, 0.15) is 0 Å². The first-order chi connectivity index (χ1) is 8.77. The van der Waals surface area contributed by atoms with E-state index in [1.54, 1.807) is 0 Å². The largest absolute Gasteiger partial charge is 0.392 e. The zero-order valence-corrected chi connectivity index (χ0v) is 11.2. The molecule has 1 saturated carbocycles. The van der Waals surface area contributed by atoms with Gasteiger partial charge in [-0.25, -0.2) is 0 Å². The average molecular weight is 248 g/mol. The second-order valence-electron chi connectivity index (χ2n) is 5.17. The number of benzene rings is 1. The molecule has 1 aromatic carbocycles. The van der Waals surface area contributed by atoms with Crippen molar-refractivity contribution >= 4 is 5.69 Å². The van der Waals surface area contributed by atoms with Crippen molar-refractivity contribution in [3.63, 3.8) is 0 Å². The van der Waals surface area contributed by atoms with Gasteiger partial charge < -0.3 is 15.3 Å². The number of aliphatic hydroxyl groups is 1. The van der Waals surface area contributed by atoms with E-state index in [0.29, 0.717) is 6.04 Å². The lowest BCUT2D eigenvalue weighted by atomic mass is 10.2. The van der Waals surface area contributed by atoms with Gasteiger partial charge in [0.05, 0.1) is 6.10 Å². The molecule has 1 aliphatic rings. The molecular formula is C15H24N2O. The molecule has 3 heteroatoms. The van der Waals surface area contributed by atoms with Gasteiger partial charge in [0, 0.05) is 25.3 Å². The molecule has 0 saturated heterocycles. The van der Waals surface area contributed by atoms with Crippen LogP contribution in [0.25, 0.3) is 0 Å². The number of nitrogens with one attached hydrogen (secondary N) is 1. The topological polar surface area (TPSA) is 35.5 Å². The molecule has 0 spiro atoms. The van der Waals surface area contributed by atoms with Crippen LogP contribution >= 0.6 is 0 Å². The summed E-state index contributed by atoms with van der Waals surface area (Å²) in [6.07, 6.45) is 4.21. The second-order valence-corrected chi connectivity index (χ2v) is 5.17. The highest BCUT2D eigenvalue weighted by Crippen LogP contribution is 2.18. The molecule has 0 radical (unpaired) electrons. The fourth-order valence-corrected chi connectivity index (χ4v) is 2.59. The molecule has 2 atom stereocenters. The molecule has 1 fully saturated rings. The Morgan fingerprint density at radius 3 is 2.72 bits per heavy atom. The minimum absolute atomic E-state index is 0.128. The fraction of sp³-hybridized carbons (Fsp3) is 0.600. The fourth-order valence-electron chi connectivity index (χ4n) is 2.59. The summed E-state index contributed by atoms with van der Waals surface area (Å²) in [5, 5.41) is 13.2. The van der Waals surface area contributed by atoms with E-state index in [-0.39, 0.29) is 6.10 Å². The molecule has 3 nitrogen and oxygen atoms in total. The van der Waals surface area contributed by atoms with Crippen molar-refractivity contribution in [3.8, 4) is 0 Å². The first kappa shape index (κ1) is 13.4. The van der Waals surface area contributed by atoms with Crippen LogP contribution in [0.5, 0.6) is 0 Å². The Morgan fingerprint density at radius 2 is 2.06 bits per heavy atom. The lowest BCUT2D eigenvalue weighted by Gasteiger charge is -2.21. The van der Waals surface area contributed by atoms with Crippen molar-refractivity contribution in [1.29, 1.82) is 0 Å². The van der Waals surface area contributed by atoms with Gasteiger partial charge in [0.25, 0.3) is 0 Å². The maximum Gasteiger partial charge on any atom is 0.0693 e. The van der Waals surface area contributed by atoms with Gasteiger partial charge in [-0.2, -0.15) is 0 Å². The molecule has 18 heavy (non-hydrogen) atoms. The highest BCUT2D eigenvalue weighted by molar-refractivity contribution is 5.44. The Hall–Kier alpha value is -1.06. The molecule has 1 aromatic rings. The van der Waals surface area contributed by atoms with Crippen LogP contribution in [-0.2, 0) is 0 Å². The van der Waals surface area contributed by atoms with Crippen molar-refractivity contribution in [2.45, 2.75) is 37.8 Å². The van der Waals surface area contributed by atoms with Crippen LogP contribution in [0, 0.1) is 0 Å². The lowest BCUT2D eigenvalue weighted by Crippen LogP contribution is -2.37. The normalized spacial score (nSPS) is 23.2. The summed E-state index contributed by atoms with van der Waals surface area (Å²) in [6.45, 7) is 2.03. The predicted molar refractivity (Wildman–Crippen MR) is 76.0 cm³/mol. The Morgan fingerprint density at radius 1 is 1.28 bits per heavy atom. The molecule has 2 unspecified atom stereocenters. The average Bonchev–Trinajstić information content (AvgIpc) is 2.81. The number of para-hydroxylation sites is 1. The van der Waals surface area contributed by atoms with Gasteiger partial charge in [-0.3, -0.25) is 0 Å². The first-order valence-electron chi connectivity index (χ1n) is 6.95. The lowest BCUT2D eigenvalue weighted by molar-refractivity contribution is 0.149. The molecule has 1 aliphatic carbocycles. The van der Waals surface area contributed by atoms with Crippen molar-refractivity contribution in [3.05, 3.63) is 30.3 Å². The van der Waals surface area contributed by atoms with Crippen LogP contribution < -0.4 is 10.2 Å². The predicted octanol–water partition coefficient (Wildman–Crippen LogP) is 2.02. The third-order valence-electron chi connectivity index (χ3n) is 3.75. The summed E-state index contributed by atoms with van der Waals surface area (Å²) in [7, 11) is 2.12. The Labute approximate surface area is 110 Å². The smallest absolute Gasteiger partial charge is 0.0693 e. The maximum absolute atomic E-state index is 9.70. The van der Waals surface area contributed by atoms with Crippen LogP contribution in [0.4, 0.5) is 5.69 Å². The van der Waals surface area contributed by atoms with E-state index < -0.39 is 0 Å². The third kappa shape index (κ3) is 3.72. The van der Waals surface area contributed by atoms with Gasteiger partial charge in [-0.15, -0.1) is 0 Å². The number of anilines is 1. The monoisotopic (exact) mass is 248 g/mol. The van der Waals surface area contributed by atoms with Crippen molar-refractivity contribution in [2.24, 2.45) is 0 Å². The van der Waals surface area contributed by atoms with E-state index in [9.17, 15) is 5.11 Å². The zero-order valence-electron chi connectivity index (χ0n) is 11.2. The highest BCUT2D eigenvalue weighted by Gasteiger charge is 2.23. The van der Waals surface area contributed by atoms with E-state index in [1.165, 1.54) is 5.69 Å². The Bertz CT molecular complexity index is 342. The number of hydrogen-bond acceptors (Lipinski definition) is 3. The van der Waals surface area contributed by atoms with Crippen LogP contribution in [0.15, 0.2) is 30.3 Å².